The van der Waals surface area contributed by atoms with Crippen LogP contribution in [0.5, 0.6) is 5.75 Å². The molecule has 2 aromatic carbocycles. The van der Waals surface area contributed by atoms with Gasteiger partial charge in [0.05, 0.1) is 17.6 Å². The molecule has 0 aromatic heterocycles. The topological polar surface area (TPSA) is 21.3 Å². The van der Waals surface area contributed by atoms with Crippen LogP contribution in [-0.2, 0) is 0 Å². The zero-order valence-electron chi connectivity index (χ0n) is 11.5. The van der Waals surface area contributed by atoms with E-state index in [0.717, 1.165) is 23.4 Å². The standard InChI is InChI=1S/C16H17BrFNO/c1-3-19-16(11-8-9-14(18)13(17)10-11)12-6-4-5-7-15(12)20-2/h4-10,16,19H,3H2,1-2H3. The van der Waals surface area contributed by atoms with Crippen LogP contribution in [0.25, 0.3) is 0 Å². The van der Waals surface area contributed by atoms with Crippen LogP contribution in [0.3, 0.4) is 0 Å². The van der Waals surface area contributed by atoms with Gasteiger partial charge in [-0.05, 0) is 46.2 Å². The summed E-state index contributed by atoms with van der Waals surface area (Å²) in [5.74, 6) is 0.558. The van der Waals surface area contributed by atoms with E-state index in [4.69, 9.17) is 4.74 Å². The monoisotopic (exact) mass is 337 g/mol. The summed E-state index contributed by atoms with van der Waals surface area (Å²) in [7, 11) is 1.66. The molecule has 0 aliphatic rings. The fourth-order valence-electron chi connectivity index (χ4n) is 2.21. The Bertz CT molecular complexity index is 588. The molecule has 2 nitrogen and oxygen atoms in total. The van der Waals surface area contributed by atoms with Crippen molar-refractivity contribution >= 4 is 15.9 Å². The summed E-state index contributed by atoms with van der Waals surface area (Å²) >= 11 is 3.24. The van der Waals surface area contributed by atoms with Gasteiger partial charge in [0.15, 0.2) is 0 Å². The minimum atomic E-state index is -0.260. The first kappa shape index (κ1) is 15.0. The lowest BCUT2D eigenvalue weighted by Crippen LogP contribution is -2.22. The number of methoxy groups -OCH3 is 1. The third kappa shape index (κ3) is 3.19. The van der Waals surface area contributed by atoms with Gasteiger partial charge in [-0.25, -0.2) is 4.39 Å². The molecule has 1 unspecified atom stereocenters. The van der Waals surface area contributed by atoms with Crippen LogP contribution in [0.2, 0.25) is 0 Å². The van der Waals surface area contributed by atoms with Crippen molar-refractivity contribution in [1.82, 2.24) is 5.32 Å². The second-order valence-corrected chi connectivity index (χ2v) is 5.26. The van der Waals surface area contributed by atoms with Gasteiger partial charge in [0.1, 0.15) is 11.6 Å². The van der Waals surface area contributed by atoms with Crippen molar-refractivity contribution < 1.29 is 9.13 Å². The molecule has 0 fully saturated rings. The van der Waals surface area contributed by atoms with E-state index in [1.54, 1.807) is 19.2 Å². The molecule has 0 saturated carbocycles. The predicted octanol–water partition coefficient (Wildman–Crippen LogP) is 4.30. The first-order valence-corrected chi connectivity index (χ1v) is 7.28. The van der Waals surface area contributed by atoms with Crippen molar-refractivity contribution in [2.24, 2.45) is 0 Å². The van der Waals surface area contributed by atoms with Crippen LogP contribution in [0.15, 0.2) is 46.9 Å². The number of benzene rings is 2. The van der Waals surface area contributed by atoms with Crippen molar-refractivity contribution in [3.8, 4) is 5.75 Å². The summed E-state index contributed by atoms with van der Waals surface area (Å²) in [4.78, 5) is 0. The Morgan fingerprint density at radius 1 is 1.25 bits per heavy atom. The molecular formula is C16H17BrFNO. The fourth-order valence-corrected chi connectivity index (χ4v) is 2.60. The van der Waals surface area contributed by atoms with Gasteiger partial charge in [0.25, 0.3) is 0 Å². The first-order valence-electron chi connectivity index (χ1n) is 6.48. The van der Waals surface area contributed by atoms with Crippen molar-refractivity contribution in [1.29, 1.82) is 0 Å². The highest BCUT2D eigenvalue weighted by Gasteiger charge is 2.17. The van der Waals surface area contributed by atoms with Crippen LogP contribution in [-0.4, -0.2) is 13.7 Å². The summed E-state index contributed by atoms with van der Waals surface area (Å²) < 4.78 is 19.3. The summed E-state index contributed by atoms with van der Waals surface area (Å²) in [6, 6.07) is 12.9. The van der Waals surface area contributed by atoms with E-state index in [-0.39, 0.29) is 11.9 Å². The Balaban J connectivity index is 2.47. The van der Waals surface area contributed by atoms with Gasteiger partial charge in [0, 0.05) is 5.56 Å². The minimum Gasteiger partial charge on any atom is -0.496 e. The third-order valence-corrected chi connectivity index (χ3v) is 3.74. The molecule has 0 spiro atoms. The molecule has 20 heavy (non-hydrogen) atoms. The molecular weight excluding hydrogens is 321 g/mol. The molecule has 0 aliphatic heterocycles. The van der Waals surface area contributed by atoms with Crippen LogP contribution >= 0.6 is 15.9 Å². The molecule has 1 N–H and O–H groups in total. The maximum Gasteiger partial charge on any atom is 0.137 e. The Labute approximate surface area is 127 Å². The van der Waals surface area contributed by atoms with Gasteiger partial charge >= 0.3 is 0 Å². The number of para-hydroxylation sites is 1. The molecule has 2 rings (SSSR count). The Morgan fingerprint density at radius 2 is 2.00 bits per heavy atom. The van der Waals surface area contributed by atoms with Gasteiger partial charge in [0.2, 0.25) is 0 Å². The van der Waals surface area contributed by atoms with Gasteiger partial charge in [-0.2, -0.15) is 0 Å². The SMILES string of the molecule is CCNC(c1ccc(F)c(Br)c1)c1ccccc1OC. The average Bonchev–Trinajstić information content (AvgIpc) is 2.48. The summed E-state index contributed by atoms with van der Waals surface area (Å²) in [6.07, 6.45) is 0. The van der Waals surface area contributed by atoms with Crippen molar-refractivity contribution in [2.75, 3.05) is 13.7 Å². The van der Waals surface area contributed by atoms with E-state index in [1.807, 2.05) is 31.2 Å². The average molecular weight is 338 g/mol. The zero-order chi connectivity index (χ0) is 14.5. The number of nitrogens with one attached hydrogen (secondary N) is 1. The van der Waals surface area contributed by atoms with Crippen LogP contribution in [0.4, 0.5) is 4.39 Å². The lowest BCUT2D eigenvalue weighted by molar-refractivity contribution is 0.404. The van der Waals surface area contributed by atoms with Gasteiger partial charge in [-0.3, -0.25) is 0 Å². The summed E-state index contributed by atoms with van der Waals surface area (Å²) in [5.41, 5.74) is 2.03. The number of hydrogen-bond acceptors (Lipinski definition) is 2. The quantitative estimate of drug-likeness (QED) is 0.878. The summed E-state index contributed by atoms with van der Waals surface area (Å²) in [5, 5.41) is 3.41. The number of ether oxygens (including phenoxy) is 1. The third-order valence-electron chi connectivity index (χ3n) is 3.14. The predicted molar refractivity (Wildman–Crippen MR) is 82.6 cm³/mol. The highest BCUT2D eigenvalue weighted by atomic mass is 79.9. The molecule has 0 amide bonds. The number of hydrogen-bond donors (Lipinski definition) is 1. The second kappa shape index (κ2) is 6.86. The van der Waals surface area contributed by atoms with Gasteiger partial charge in [-0.15, -0.1) is 0 Å². The van der Waals surface area contributed by atoms with E-state index < -0.39 is 0 Å². The smallest absolute Gasteiger partial charge is 0.137 e. The molecule has 0 bridgehead atoms. The first-order chi connectivity index (χ1) is 9.67. The second-order valence-electron chi connectivity index (χ2n) is 4.41. The van der Waals surface area contributed by atoms with E-state index in [9.17, 15) is 4.39 Å². The molecule has 2 aromatic rings. The highest BCUT2D eigenvalue weighted by Crippen LogP contribution is 2.31. The highest BCUT2D eigenvalue weighted by molar-refractivity contribution is 9.10. The molecule has 0 aliphatic carbocycles. The molecule has 0 saturated heterocycles. The maximum absolute atomic E-state index is 13.4. The molecule has 4 heteroatoms. The fraction of sp³-hybridized carbons (Fsp3) is 0.250. The van der Waals surface area contributed by atoms with E-state index in [1.165, 1.54) is 6.07 Å². The van der Waals surface area contributed by atoms with Gasteiger partial charge < -0.3 is 10.1 Å². The minimum absolute atomic E-state index is 0.0342. The Morgan fingerprint density at radius 3 is 2.65 bits per heavy atom. The number of rotatable bonds is 5. The van der Waals surface area contributed by atoms with E-state index in [0.29, 0.717) is 4.47 Å². The normalized spacial score (nSPS) is 12.2. The molecule has 0 radical (unpaired) electrons. The largest absolute Gasteiger partial charge is 0.496 e. The number of halogens is 2. The van der Waals surface area contributed by atoms with Crippen molar-refractivity contribution in [3.63, 3.8) is 0 Å². The lowest BCUT2D eigenvalue weighted by atomic mass is 9.97. The maximum atomic E-state index is 13.4. The molecule has 1 atom stereocenters. The molecule has 106 valence electrons. The van der Waals surface area contributed by atoms with Gasteiger partial charge in [-0.1, -0.05) is 31.2 Å². The van der Waals surface area contributed by atoms with Crippen molar-refractivity contribution in [2.45, 2.75) is 13.0 Å². The van der Waals surface area contributed by atoms with E-state index >= 15 is 0 Å². The Hall–Kier alpha value is -1.39. The molecule has 0 heterocycles. The Kier molecular flexibility index (Phi) is 5.15. The van der Waals surface area contributed by atoms with Crippen LogP contribution in [0, 0.1) is 5.82 Å². The lowest BCUT2D eigenvalue weighted by Gasteiger charge is -2.21. The van der Waals surface area contributed by atoms with Crippen molar-refractivity contribution in [3.05, 3.63) is 63.9 Å². The summed E-state index contributed by atoms with van der Waals surface area (Å²) in [6.45, 7) is 2.85. The van der Waals surface area contributed by atoms with Crippen LogP contribution < -0.4 is 10.1 Å². The van der Waals surface area contributed by atoms with E-state index in [2.05, 4.69) is 21.2 Å². The zero-order valence-corrected chi connectivity index (χ0v) is 13.1. The van der Waals surface area contributed by atoms with Crippen LogP contribution in [0.1, 0.15) is 24.1 Å².